The van der Waals surface area contributed by atoms with Crippen LogP contribution in [0.15, 0.2) is 56.3 Å². The molecule has 0 bridgehead atoms. The van der Waals surface area contributed by atoms with Gasteiger partial charge in [0, 0.05) is 17.5 Å². The molecule has 0 atom stereocenters. The van der Waals surface area contributed by atoms with Gasteiger partial charge in [0.05, 0.1) is 6.26 Å². The SMILES string of the molecule is CC(C)NC(=O)c1cc2ccc(OC(=O)c3ccco3)cc2oc1=O. The summed E-state index contributed by atoms with van der Waals surface area (Å²) in [7, 11) is 0. The van der Waals surface area contributed by atoms with Crippen LogP contribution in [0.1, 0.15) is 34.8 Å². The molecule has 2 heterocycles. The fraction of sp³-hybridized carbons (Fsp3) is 0.167. The molecule has 0 aliphatic heterocycles. The Bertz CT molecular complexity index is 984. The lowest BCUT2D eigenvalue weighted by Crippen LogP contribution is -2.33. The molecule has 1 aromatic carbocycles. The van der Waals surface area contributed by atoms with Gasteiger partial charge in [-0.25, -0.2) is 9.59 Å². The van der Waals surface area contributed by atoms with Crippen molar-refractivity contribution in [2.75, 3.05) is 0 Å². The molecule has 2 aromatic heterocycles. The second kappa shape index (κ2) is 6.64. The lowest BCUT2D eigenvalue weighted by molar-refractivity contribution is 0.0701. The molecular weight excluding hydrogens is 326 g/mol. The van der Waals surface area contributed by atoms with E-state index in [0.717, 1.165) is 0 Å². The number of rotatable bonds is 4. The Kier molecular flexibility index (Phi) is 4.38. The van der Waals surface area contributed by atoms with Gasteiger partial charge in [-0.3, -0.25) is 4.79 Å². The maximum absolute atomic E-state index is 12.0. The molecule has 7 nitrogen and oxygen atoms in total. The van der Waals surface area contributed by atoms with Gasteiger partial charge >= 0.3 is 11.6 Å². The van der Waals surface area contributed by atoms with Gasteiger partial charge in [-0.05, 0) is 44.2 Å². The molecule has 7 heteroatoms. The van der Waals surface area contributed by atoms with Crippen LogP contribution < -0.4 is 15.7 Å². The van der Waals surface area contributed by atoms with Crippen molar-refractivity contribution in [1.82, 2.24) is 5.32 Å². The van der Waals surface area contributed by atoms with E-state index >= 15 is 0 Å². The first-order valence-corrected chi connectivity index (χ1v) is 7.58. The highest BCUT2D eigenvalue weighted by atomic mass is 16.5. The summed E-state index contributed by atoms with van der Waals surface area (Å²) in [5.74, 6) is -0.919. The van der Waals surface area contributed by atoms with Gasteiger partial charge in [-0.2, -0.15) is 0 Å². The van der Waals surface area contributed by atoms with Crippen molar-refractivity contribution in [3.8, 4) is 5.75 Å². The molecule has 0 unspecified atom stereocenters. The predicted octanol–water partition coefficient (Wildman–Crippen LogP) is 2.74. The fourth-order valence-electron chi connectivity index (χ4n) is 2.21. The van der Waals surface area contributed by atoms with E-state index in [-0.39, 0.29) is 28.7 Å². The largest absolute Gasteiger partial charge is 0.457 e. The Morgan fingerprint density at radius 2 is 1.96 bits per heavy atom. The third kappa shape index (κ3) is 3.60. The predicted molar refractivity (Wildman–Crippen MR) is 88.8 cm³/mol. The summed E-state index contributed by atoms with van der Waals surface area (Å²) in [5, 5.41) is 3.17. The standard InChI is InChI=1S/C18H15NO6/c1-10(2)19-16(20)13-8-11-5-6-12(9-15(11)25-17(13)21)24-18(22)14-4-3-7-23-14/h3-10H,1-2H3,(H,19,20). The summed E-state index contributed by atoms with van der Waals surface area (Å²) >= 11 is 0. The number of esters is 1. The molecule has 25 heavy (non-hydrogen) atoms. The van der Waals surface area contributed by atoms with Crippen molar-refractivity contribution >= 4 is 22.8 Å². The number of nitrogens with one attached hydrogen (secondary N) is 1. The number of ether oxygens (including phenoxy) is 1. The summed E-state index contributed by atoms with van der Waals surface area (Å²) in [6.07, 6.45) is 1.36. The van der Waals surface area contributed by atoms with Crippen molar-refractivity contribution in [2.45, 2.75) is 19.9 Å². The Labute approximate surface area is 142 Å². The van der Waals surface area contributed by atoms with Crippen molar-refractivity contribution in [3.05, 3.63) is 64.4 Å². The highest BCUT2D eigenvalue weighted by Crippen LogP contribution is 2.21. The smallest absolute Gasteiger partial charge is 0.379 e. The Morgan fingerprint density at radius 1 is 1.16 bits per heavy atom. The van der Waals surface area contributed by atoms with Crippen molar-refractivity contribution in [3.63, 3.8) is 0 Å². The molecule has 0 spiro atoms. The second-order valence-corrected chi connectivity index (χ2v) is 5.64. The van der Waals surface area contributed by atoms with E-state index in [9.17, 15) is 14.4 Å². The molecule has 0 fully saturated rings. The van der Waals surface area contributed by atoms with Gasteiger partial charge in [0.25, 0.3) is 5.91 Å². The zero-order valence-corrected chi connectivity index (χ0v) is 13.6. The molecule has 0 radical (unpaired) electrons. The van der Waals surface area contributed by atoms with Gasteiger partial charge in [0.15, 0.2) is 0 Å². The Balaban J connectivity index is 1.90. The lowest BCUT2D eigenvalue weighted by atomic mass is 10.1. The number of furan rings is 1. The van der Waals surface area contributed by atoms with Crippen LogP contribution in [-0.4, -0.2) is 17.9 Å². The van der Waals surface area contributed by atoms with Crippen LogP contribution in [0.5, 0.6) is 5.75 Å². The third-order valence-corrected chi connectivity index (χ3v) is 3.30. The van der Waals surface area contributed by atoms with Crippen LogP contribution in [0.3, 0.4) is 0 Å². The molecule has 3 rings (SSSR count). The van der Waals surface area contributed by atoms with Gasteiger partial charge in [-0.1, -0.05) is 0 Å². The number of carbonyl (C=O) groups excluding carboxylic acids is 2. The van der Waals surface area contributed by atoms with E-state index in [4.69, 9.17) is 13.6 Å². The first-order chi connectivity index (χ1) is 11.9. The topological polar surface area (TPSA) is 98.8 Å². The molecule has 128 valence electrons. The van der Waals surface area contributed by atoms with Crippen molar-refractivity contribution in [1.29, 1.82) is 0 Å². The first-order valence-electron chi connectivity index (χ1n) is 7.58. The number of benzene rings is 1. The van der Waals surface area contributed by atoms with Gasteiger partial charge < -0.3 is 18.9 Å². The second-order valence-electron chi connectivity index (χ2n) is 5.64. The summed E-state index contributed by atoms with van der Waals surface area (Å²) in [6.45, 7) is 3.58. The number of fused-ring (bicyclic) bond motifs is 1. The fourth-order valence-corrected chi connectivity index (χ4v) is 2.21. The van der Waals surface area contributed by atoms with Crippen molar-refractivity contribution in [2.24, 2.45) is 0 Å². The molecular formula is C18H15NO6. The van der Waals surface area contributed by atoms with Crippen LogP contribution in [0, 0.1) is 0 Å². The maximum atomic E-state index is 12.0. The normalized spacial score (nSPS) is 10.8. The minimum absolute atomic E-state index is 0.0576. The Morgan fingerprint density at radius 3 is 2.64 bits per heavy atom. The maximum Gasteiger partial charge on any atom is 0.379 e. The van der Waals surface area contributed by atoms with Crippen LogP contribution in [0.2, 0.25) is 0 Å². The van der Waals surface area contributed by atoms with Crippen LogP contribution >= 0.6 is 0 Å². The van der Waals surface area contributed by atoms with Gasteiger partial charge in [0.2, 0.25) is 5.76 Å². The zero-order chi connectivity index (χ0) is 18.0. The molecule has 1 N–H and O–H groups in total. The van der Waals surface area contributed by atoms with E-state index in [1.165, 1.54) is 30.5 Å². The Hall–Kier alpha value is -3.35. The lowest BCUT2D eigenvalue weighted by Gasteiger charge is -2.08. The van der Waals surface area contributed by atoms with Crippen LogP contribution in [-0.2, 0) is 0 Å². The van der Waals surface area contributed by atoms with Crippen molar-refractivity contribution < 1.29 is 23.2 Å². The highest BCUT2D eigenvalue weighted by Gasteiger charge is 2.16. The molecule has 0 saturated heterocycles. The third-order valence-electron chi connectivity index (χ3n) is 3.30. The minimum atomic E-state index is -0.764. The number of amides is 1. The summed E-state index contributed by atoms with van der Waals surface area (Å²) in [5.41, 5.74) is -0.641. The van der Waals surface area contributed by atoms with E-state index in [0.29, 0.717) is 5.39 Å². The summed E-state index contributed by atoms with van der Waals surface area (Å²) in [4.78, 5) is 35.9. The molecule has 3 aromatic rings. The van der Waals surface area contributed by atoms with Gasteiger partial charge in [-0.15, -0.1) is 0 Å². The van der Waals surface area contributed by atoms with Crippen LogP contribution in [0.25, 0.3) is 11.0 Å². The molecule has 1 amide bonds. The first kappa shape index (κ1) is 16.5. The summed E-state index contributed by atoms with van der Waals surface area (Å²) < 4.78 is 15.3. The van der Waals surface area contributed by atoms with E-state index in [2.05, 4.69) is 5.32 Å². The highest BCUT2D eigenvalue weighted by molar-refractivity contribution is 5.97. The van der Waals surface area contributed by atoms with Gasteiger partial charge in [0.1, 0.15) is 16.9 Å². The number of hydrogen-bond acceptors (Lipinski definition) is 6. The molecule has 0 saturated carbocycles. The van der Waals surface area contributed by atoms with E-state index in [1.807, 2.05) is 0 Å². The summed E-state index contributed by atoms with van der Waals surface area (Å²) in [6, 6.07) is 8.91. The van der Waals surface area contributed by atoms with Crippen LogP contribution in [0.4, 0.5) is 0 Å². The minimum Gasteiger partial charge on any atom is -0.457 e. The zero-order valence-electron chi connectivity index (χ0n) is 13.6. The monoisotopic (exact) mass is 341 g/mol. The van der Waals surface area contributed by atoms with E-state index < -0.39 is 17.5 Å². The quantitative estimate of drug-likeness (QED) is 0.445. The molecule has 0 aliphatic rings. The van der Waals surface area contributed by atoms with E-state index in [1.54, 1.807) is 26.0 Å². The number of hydrogen-bond donors (Lipinski definition) is 1. The molecule has 0 aliphatic carbocycles. The average molecular weight is 341 g/mol. The number of carbonyl (C=O) groups is 2. The average Bonchev–Trinajstić information content (AvgIpc) is 3.08.